The molecule has 1 rings (SSSR count). The average molecular weight is 296 g/mol. The molecule has 0 aromatic carbocycles. The lowest BCUT2D eigenvalue weighted by molar-refractivity contribution is -0.0854. The molecule has 0 spiro atoms. The molecule has 0 aliphatic carbocycles. The third-order valence-corrected chi connectivity index (χ3v) is 5.00. The minimum Gasteiger partial charge on any atom is -0.166 e. The monoisotopic (exact) mass is 296 g/mol. The zero-order chi connectivity index (χ0) is 8.65. The Kier molecular flexibility index (Phi) is 2.53. The fraction of sp³-hybridized carbons (Fsp3) is 0.333. The Bertz CT molecular complexity index is 291. The highest BCUT2D eigenvalue weighted by Gasteiger charge is 2.35. The lowest BCUT2D eigenvalue weighted by Gasteiger charge is -2.04. The Morgan fingerprint density at radius 3 is 2.09 bits per heavy atom. The summed E-state index contributed by atoms with van der Waals surface area (Å²) in [6.45, 7) is 0. The van der Waals surface area contributed by atoms with Gasteiger partial charge in [-0.15, -0.1) is 0 Å². The molecule has 1 heterocycles. The quantitative estimate of drug-likeness (QED) is 0.476. The summed E-state index contributed by atoms with van der Waals surface area (Å²) < 4.78 is 38.9. The van der Waals surface area contributed by atoms with Gasteiger partial charge in [-0.3, -0.25) is 0 Å². The summed E-state index contributed by atoms with van der Waals surface area (Å²) in [5.41, 5.74) is -0.646. The van der Waals surface area contributed by atoms with Gasteiger partial charge in [-0.25, -0.2) is 0 Å². The fourth-order valence-corrected chi connectivity index (χ4v) is 4.93. The summed E-state index contributed by atoms with van der Waals surface area (Å²) in [7, 11) is 0. The van der Waals surface area contributed by atoms with Crippen LogP contribution in [0, 0.1) is 0 Å². The van der Waals surface area contributed by atoms with E-state index in [4.69, 9.17) is 11.6 Å². The van der Waals surface area contributed by atoms with Crippen LogP contribution < -0.4 is 0 Å². The molecule has 0 aromatic rings. The molecule has 0 saturated heterocycles. The zero-order valence-corrected chi connectivity index (χ0v) is 8.46. The van der Waals surface area contributed by atoms with Crippen molar-refractivity contribution in [2.45, 2.75) is 6.18 Å². The molecule has 0 nitrogen and oxygen atoms in total. The standard InChI is InChI=1S/C6H5ClF3I/c1-11-2-4(5(7)3-11)6(8,9)10/h2-3H,1H3. The number of halogens is 5. The van der Waals surface area contributed by atoms with E-state index < -0.39 is 30.6 Å². The zero-order valence-electron chi connectivity index (χ0n) is 5.54. The van der Waals surface area contributed by atoms with E-state index in [0.717, 1.165) is 0 Å². The van der Waals surface area contributed by atoms with Gasteiger partial charge in [0.25, 0.3) is 0 Å². The van der Waals surface area contributed by atoms with Gasteiger partial charge in [0.1, 0.15) is 0 Å². The van der Waals surface area contributed by atoms with E-state index in [2.05, 4.69) is 0 Å². The van der Waals surface area contributed by atoms with Crippen molar-refractivity contribution in [2.24, 2.45) is 0 Å². The van der Waals surface area contributed by atoms with Crippen LogP contribution in [0.25, 0.3) is 0 Å². The first-order chi connectivity index (χ1) is 4.91. The van der Waals surface area contributed by atoms with Crippen LogP contribution in [0.5, 0.6) is 0 Å². The van der Waals surface area contributed by atoms with E-state index in [1.54, 1.807) is 0 Å². The molecule has 0 saturated carbocycles. The molecule has 5 heteroatoms. The van der Waals surface area contributed by atoms with E-state index in [1.807, 2.05) is 4.93 Å². The second-order valence-corrected chi connectivity index (χ2v) is 6.90. The van der Waals surface area contributed by atoms with Crippen molar-refractivity contribution in [3.05, 3.63) is 10.6 Å². The van der Waals surface area contributed by atoms with E-state index in [9.17, 15) is 13.2 Å². The van der Waals surface area contributed by atoms with Crippen molar-refractivity contribution >= 4 is 38.5 Å². The predicted octanol–water partition coefficient (Wildman–Crippen LogP) is 2.80. The first kappa shape index (κ1) is 9.38. The van der Waals surface area contributed by atoms with Crippen molar-refractivity contribution < 1.29 is 13.2 Å². The van der Waals surface area contributed by atoms with Crippen LogP contribution in [-0.2, 0) is 0 Å². The summed E-state index contributed by atoms with van der Waals surface area (Å²) in [6, 6.07) is 0. The van der Waals surface area contributed by atoms with Crippen LogP contribution in [-0.4, -0.2) is 19.1 Å². The van der Waals surface area contributed by atoms with E-state index in [-0.39, 0.29) is 5.03 Å². The summed E-state index contributed by atoms with van der Waals surface area (Å²) in [6.07, 6.45) is -4.27. The Hall–Kier alpha value is 0.290. The highest BCUT2D eigenvalue weighted by molar-refractivity contribution is 14.2. The van der Waals surface area contributed by atoms with Gasteiger partial charge >= 0.3 is 6.18 Å². The van der Waals surface area contributed by atoms with Crippen molar-refractivity contribution in [1.29, 1.82) is 0 Å². The van der Waals surface area contributed by atoms with E-state index >= 15 is 0 Å². The van der Waals surface area contributed by atoms with Gasteiger partial charge in [-0.2, -0.15) is 32.0 Å². The predicted molar refractivity (Wildman–Crippen MR) is 51.0 cm³/mol. The molecule has 1 aliphatic rings. The minimum absolute atomic E-state index is 0.120. The highest BCUT2D eigenvalue weighted by atomic mass is 127. The second-order valence-electron chi connectivity index (χ2n) is 2.04. The highest BCUT2D eigenvalue weighted by Crippen LogP contribution is 2.33. The Morgan fingerprint density at radius 2 is 1.91 bits per heavy atom. The Labute approximate surface area is 73.4 Å². The molecule has 0 bridgehead atoms. The van der Waals surface area contributed by atoms with Crippen molar-refractivity contribution in [1.82, 2.24) is 0 Å². The molecule has 11 heavy (non-hydrogen) atoms. The molecule has 64 valence electrons. The van der Waals surface area contributed by atoms with Gasteiger partial charge in [0.05, 0.1) is 10.6 Å². The SMILES string of the molecule is CI1=CC(Cl)=C(C(F)(F)F)C=1. The normalized spacial score (nSPS) is 20.1. The molecule has 0 amide bonds. The van der Waals surface area contributed by atoms with Crippen LogP contribution in [0.1, 0.15) is 0 Å². The third-order valence-electron chi connectivity index (χ3n) is 1.11. The molecular formula is C6H5ClF3I. The summed E-state index contributed by atoms with van der Waals surface area (Å²) >= 11 is 3.77. The van der Waals surface area contributed by atoms with Gasteiger partial charge in [-0.1, -0.05) is 11.6 Å². The third kappa shape index (κ3) is 2.11. The maximum absolute atomic E-state index is 12.0. The van der Waals surface area contributed by atoms with Crippen LogP contribution in [0.2, 0.25) is 0 Å². The lowest BCUT2D eigenvalue weighted by atomic mass is 10.3. The summed E-state index contributed by atoms with van der Waals surface area (Å²) in [4.78, 5) is 1.81. The number of rotatable bonds is 0. The van der Waals surface area contributed by atoms with Crippen molar-refractivity contribution in [2.75, 3.05) is 4.93 Å². The molecule has 0 aromatic heterocycles. The smallest absolute Gasteiger partial charge is 0.166 e. The number of alkyl halides is 4. The maximum Gasteiger partial charge on any atom is 0.418 e. The Balaban J connectivity index is 3.04. The average Bonchev–Trinajstić information content (AvgIpc) is 2.08. The van der Waals surface area contributed by atoms with Crippen LogP contribution in [0.4, 0.5) is 13.2 Å². The van der Waals surface area contributed by atoms with E-state index in [0.29, 0.717) is 0 Å². The van der Waals surface area contributed by atoms with Gasteiger partial charge in [-0.05, 0) is 13.0 Å². The largest absolute Gasteiger partial charge is 0.418 e. The van der Waals surface area contributed by atoms with E-state index in [1.165, 1.54) is 8.02 Å². The van der Waals surface area contributed by atoms with Crippen LogP contribution in [0.3, 0.4) is 0 Å². The van der Waals surface area contributed by atoms with Crippen LogP contribution >= 0.6 is 30.5 Å². The number of allylic oxidation sites excluding steroid dienone is 2. The molecule has 0 atom stereocenters. The first-order valence-electron chi connectivity index (χ1n) is 2.65. The molecule has 1 aliphatic heterocycles. The first-order valence-corrected chi connectivity index (χ1v) is 7.67. The van der Waals surface area contributed by atoms with Gasteiger partial charge in [0.2, 0.25) is 0 Å². The fourth-order valence-electron chi connectivity index (χ4n) is 0.663. The van der Waals surface area contributed by atoms with Gasteiger partial charge < -0.3 is 0 Å². The van der Waals surface area contributed by atoms with Gasteiger partial charge in [0.15, 0.2) is 0 Å². The molecule has 0 unspecified atom stereocenters. The number of hydrogen-bond donors (Lipinski definition) is 0. The second kappa shape index (κ2) is 2.97. The minimum atomic E-state index is -4.27. The van der Waals surface area contributed by atoms with Crippen LogP contribution in [0.15, 0.2) is 10.6 Å². The molecule has 0 fully saturated rings. The van der Waals surface area contributed by atoms with Crippen molar-refractivity contribution in [3.8, 4) is 0 Å². The lowest BCUT2D eigenvalue weighted by Crippen LogP contribution is -2.12. The van der Waals surface area contributed by atoms with Crippen molar-refractivity contribution in [3.63, 3.8) is 0 Å². The summed E-state index contributed by atoms with van der Waals surface area (Å²) in [5.74, 6) is 0. The number of hydrogen-bond acceptors (Lipinski definition) is 0. The topological polar surface area (TPSA) is 0 Å². The molecule has 0 radical (unpaired) electrons. The molecule has 0 N–H and O–H groups in total. The Morgan fingerprint density at radius 1 is 1.36 bits per heavy atom. The molecular weight excluding hydrogens is 291 g/mol. The van der Waals surface area contributed by atoms with Gasteiger partial charge in [0, 0.05) is 0 Å². The summed E-state index contributed by atoms with van der Waals surface area (Å²) in [5, 5.41) is -0.120. The maximum atomic E-state index is 12.0.